The second-order valence-electron chi connectivity index (χ2n) is 7.66. The predicted octanol–water partition coefficient (Wildman–Crippen LogP) is 6.24. The summed E-state index contributed by atoms with van der Waals surface area (Å²) in [5.41, 5.74) is 0.853. The smallest absolute Gasteiger partial charge is 0.221 e. The van der Waals surface area contributed by atoms with Gasteiger partial charge >= 0.3 is 0 Å². The molecule has 2 aromatic rings. The minimum atomic E-state index is -2.28. The third kappa shape index (κ3) is 4.50. The summed E-state index contributed by atoms with van der Waals surface area (Å²) in [7, 11) is -0.731. The molecule has 2 rings (SSSR count). The molecule has 0 amide bonds. The zero-order valence-electron chi connectivity index (χ0n) is 15.9. The minimum Gasteiger partial charge on any atom is -0.496 e. The van der Waals surface area contributed by atoms with Gasteiger partial charge in [-0.25, -0.2) is 0 Å². The summed E-state index contributed by atoms with van der Waals surface area (Å²) < 4.78 is 40.7. The average Bonchev–Trinajstić information content (AvgIpc) is 2.52. The second kappa shape index (κ2) is 7.74. The highest BCUT2D eigenvalue weighted by Gasteiger charge is 2.41. The van der Waals surface area contributed by atoms with Gasteiger partial charge in [0.25, 0.3) is 0 Å². The number of pyridine rings is 1. The third-order valence-corrected chi connectivity index (χ3v) is 9.75. The number of ether oxygens (including phenoxy) is 1. The van der Waals surface area contributed by atoms with Gasteiger partial charge in [-0.1, -0.05) is 36.7 Å². The Labute approximate surface area is 163 Å². The van der Waals surface area contributed by atoms with Crippen molar-refractivity contribution in [2.75, 3.05) is 7.11 Å². The Morgan fingerprint density at radius 1 is 1.08 bits per heavy atom. The molecule has 1 aromatic heterocycles. The van der Waals surface area contributed by atoms with Crippen molar-refractivity contribution in [3.05, 3.63) is 57.8 Å². The van der Waals surface area contributed by atoms with Gasteiger partial charge in [-0.15, -0.1) is 0 Å². The number of rotatable bonds is 5. The fourth-order valence-electron chi connectivity index (χ4n) is 2.29. The van der Waals surface area contributed by atoms with Gasteiger partial charge in [-0.2, -0.15) is 13.8 Å². The molecule has 1 aromatic carbocycles. The van der Waals surface area contributed by atoms with Crippen LogP contribution in [0.1, 0.15) is 38.0 Å². The summed E-state index contributed by atoms with van der Waals surface area (Å²) in [4.78, 5) is 3.34. The summed E-state index contributed by atoms with van der Waals surface area (Å²) in [6.45, 7) is 10.5. The van der Waals surface area contributed by atoms with E-state index < -0.39 is 26.3 Å². The molecule has 1 atom stereocenters. The molecule has 0 saturated heterocycles. The minimum absolute atomic E-state index is 0.0889. The molecule has 26 heavy (non-hydrogen) atoms. The highest BCUT2D eigenvalue weighted by atomic mass is 79.9. The Kier molecular flexibility index (Phi) is 6.25. The summed E-state index contributed by atoms with van der Waals surface area (Å²) in [5.74, 6) is -1.17. The first-order chi connectivity index (χ1) is 12.0. The van der Waals surface area contributed by atoms with E-state index in [-0.39, 0.29) is 10.6 Å². The van der Waals surface area contributed by atoms with Gasteiger partial charge in [0.1, 0.15) is 11.9 Å². The lowest BCUT2D eigenvalue weighted by molar-refractivity contribution is 0.210. The Morgan fingerprint density at radius 2 is 1.73 bits per heavy atom. The number of hydrogen-bond acceptors (Lipinski definition) is 3. The molecule has 0 fully saturated rings. The van der Waals surface area contributed by atoms with Gasteiger partial charge < -0.3 is 9.16 Å². The van der Waals surface area contributed by atoms with Crippen molar-refractivity contribution in [2.24, 2.45) is 0 Å². The zero-order valence-corrected chi connectivity index (χ0v) is 18.4. The molecule has 1 heterocycles. The molecule has 0 aliphatic heterocycles. The first-order valence-electron chi connectivity index (χ1n) is 8.29. The molecular formula is C19H24BrF2NO2Si. The van der Waals surface area contributed by atoms with E-state index in [1.54, 1.807) is 13.2 Å². The van der Waals surface area contributed by atoms with Crippen molar-refractivity contribution in [2.45, 2.75) is 45.0 Å². The Morgan fingerprint density at radius 3 is 2.27 bits per heavy atom. The van der Waals surface area contributed by atoms with Gasteiger partial charge in [-0.3, -0.25) is 0 Å². The van der Waals surface area contributed by atoms with E-state index in [0.717, 1.165) is 10.5 Å². The van der Waals surface area contributed by atoms with Crippen molar-refractivity contribution >= 4 is 24.2 Å². The molecule has 0 bridgehead atoms. The highest BCUT2D eigenvalue weighted by Crippen LogP contribution is 2.44. The van der Waals surface area contributed by atoms with Crippen LogP contribution in [0.25, 0.3) is 0 Å². The number of methoxy groups -OCH3 is 1. The third-order valence-electron chi connectivity index (χ3n) is 4.82. The number of halogens is 3. The monoisotopic (exact) mass is 443 g/mol. The summed E-state index contributed by atoms with van der Waals surface area (Å²) in [6, 6.07) is 7.99. The quantitative estimate of drug-likeness (QED) is 0.404. The molecule has 0 aliphatic rings. The van der Waals surface area contributed by atoms with E-state index in [1.807, 2.05) is 12.1 Å². The van der Waals surface area contributed by atoms with Crippen LogP contribution in [0.4, 0.5) is 8.78 Å². The van der Waals surface area contributed by atoms with Crippen molar-refractivity contribution < 1.29 is 17.9 Å². The van der Waals surface area contributed by atoms with Crippen molar-refractivity contribution in [1.82, 2.24) is 4.98 Å². The van der Waals surface area contributed by atoms with E-state index in [1.165, 1.54) is 6.07 Å². The molecule has 142 valence electrons. The summed E-state index contributed by atoms with van der Waals surface area (Å²) >= 11 is 3.45. The van der Waals surface area contributed by atoms with E-state index in [4.69, 9.17) is 9.16 Å². The first kappa shape index (κ1) is 21.0. The molecule has 0 saturated carbocycles. The van der Waals surface area contributed by atoms with Gasteiger partial charge in [0.15, 0.2) is 8.32 Å². The lowest BCUT2D eigenvalue weighted by Gasteiger charge is -2.39. The molecule has 0 radical (unpaired) electrons. The highest BCUT2D eigenvalue weighted by molar-refractivity contribution is 9.10. The zero-order chi connectivity index (χ0) is 19.7. The molecule has 1 unspecified atom stereocenters. The van der Waals surface area contributed by atoms with Crippen LogP contribution in [0.15, 0.2) is 34.8 Å². The van der Waals surface area contributed by atoms with E-state index in [2.05, 4.69) is 54.8 Å². The van der Waals surface area contributed by atoms with Crippen LogP contribution in [0.3, 0.4) is 0 Å². The van der Waals surface area contributed by atoms with Crippen LogP contribution in [0.5, 0.6) is 5.75 Å². The Bertz CT molecular complexity index is 794. The second-order valence-corrected chi connectivity index (χ2v) is 13.3. The van der Waals surface area contributed by atoms with Gasteiger partial charge in [0.05, 0.1) is 7.11 Å². The van der Waals surface area contributed by atoms with Crippen molar-refractivity contribution in [3.8, 4) is 5.75 Å². The Balaban J connectivity index is 2.65. The molecule has 0 N–H and O–H groups in total. The van der Waals surface area contributed by atoms with Crippen LogP contribution in [0.2, 0.25) is 18.1 Å². The van der Waals surface area contributed by atoms with E-state index in [9.17, 15) is 8.78 Å². The van der Waals surface area contributed by atoms with E-state index >= 15 is 0 Å². The maximum Gasteiger partial charge on any atom is 0.221 e. The lowest BCUT2D eigenvalue weighted by Crippen LogP contribution is -2.42. The molecule has 7 heteroatoms. The number of hydrogen-bond donors (Lipinski definition) is 0. The fraction of sp³-hybridized carbons (Fsp3) is 0.421. The fourth-order valence-corrected chi connectivity index (χ4v) is 3.87. The lowest BCUT2D eigenvalue weighted by atomic mass is 10.0. The van der Waals surface area contributed by atoms with Crippen molar-refractivity contribution in [3.63, 3.8) is 0 Å². The Hall–Kier alpha value is -1.31. The van der Waals surface area contributed by atoms with E-state index in [0.29, 0.717) is 11.3 Å². The molecular weight excluding hydrogens is 420 g/mol. The van der Waals surface area contributed by atoms with Crippen LogP contribution in [0, 0.1) is 11.9 Å². The summed E-state index contributed by atoms with van der Waals surface area (Å²) in [5, 5.41) is -0.0889. The van der Waals surface area contributed by atoms with Gasteiger partial charge in [-0.05, 0) is 48.5 Å². The summed E-state index contributed by atoms with van der Waals surface area (Å²) in [6.07, 6.45) is -0.753. The number of benzene rings is 1. The van der Waals surface area contributed by atoms with Gasteiger partial charge in [0, 0.05) is 15.6 Å². The predicted molar refractivity (Wildman–Crippen MR) is 105 cm³/mol. The normalized spacial score (nSPS) is 13.6. The molecule has 0 spiro atoms. The van der Waals surface area contributed by atoms with Gasteiger partial charge in [0.2, 0.25) is 11.9 Å². The van der Waals surface area contributed by atoms with Crippen LogP contribution >= 0.6 is 15.9 Å². The average molecular weight is 444 g/mol. The standard InChI is InChI=1S/C19H24BrF2NO2Si/c1-19(2,3)26(5,6)25-17(13-8-10-16(21)23-18(13)22)14-11-12(20)7-9-15(14)24-4/h7-11,17H,1-6H3. The van der Waals surface area contributed by atoms with Crippen LogP contribution < -0.4 is 4.74 Å². The first-order valence-corrected chi connectivity index (χ1v) is 12.0. The van der Waals surface area contributed by atoms with Crippen LogP contribution in [-0.2, 0) is 4.43 Å². The SMILES string of the molecule is COc1ccc(Br)cc1C(O[Si](C)(C)C(C)(C)C)c1ccc(F)nc1F. The maximum atomic E-state index is 14.5. The largest absolute Gasteiger partial charge is 0.496 e. The number of aromatic nitrogens is 1. The molecule has 0 aliphatic carbocycles. The maximum absolute atomic E-state index is 14.5. The molecule has 3 nitrogen and oxygen atoms in total. The van der Waals surface area contributed by atoms with Crippen LogP contribution in [-0.4, -0.2) is 20.4 Å². The number of nitrogens with zero attached hydrogens (tertiary/aromatic N) is 1. The van der Waals surface area contributed by atoms with Crippen molar-refractivity contribution in [1.29, 1.82) is 0 Å². The topological polar surface area (TPSA) is 31.4 Å².